The lowest BCUT2D eigenvalue weighted by molar-refractivity contribution is -0.167. The molecule has 0 aliphatic heterocycles. The highest BCUT2D eigenvalue weighted by molar-refractivity contribution is 5.78. The predicted molar refractivity (Wildman–Crippen MR) is 64.1 cm³/mol. The maximum atomic E-state index is 11.0. The van der Waals surface area contributed by atoms with Crippen LogP contribution in [0.1, 0.15) is 54.9 Å². The minimum Gasteiger partial charge on any atom is -0.461 e. The van der Waals surface area contributed by atoms with Crippen LogP contribution in [0, 0.1) is 0 Å². The molecule has 4 nitrogen and oxygen atoms in total. The average Bonchev–Trinajstić information content (AvgIpc) is 1.99. The normalized spacial score (nSPS) is 14.9. The molecule has 0 rings (SSSR count). The van der Waals surface area contributed by atoms with E-state index in [1.165, 1.54) is 6.92 Å². The smallest absolute Gasteiger partial charge is 0.338 e. The van der Waals surface area contributed by atoms with E-state index in [0.717, 1.165) is 0 Å². The molecule has 0 amide bonds. The first-order valence-electron chi connectivity index (χ1n) is 5.56. The number of hydrogen-bond acceptors (Lipinski definition) is 4. The Bertz CT molecular complexity index is 196. The molecule has 0 spiro atoms. The van der Waals surface area contributed by atoms with Gasteiger partial charge >= 0.3 is 5.97 Å². The van der Waals surface area contributed by atoms with Gasteiger partial charge in [0.1, 0.15) is 0 Å². The summed E-state index contributed by atoms with van der Waals surface area (Å²) in [5, 5.41) is 17.9. The Hall–Kier alpha value is -0.610. The van der Waals surface area contributed by atoms with Gasteiger partial charge < -0.3 is 14.9 Å². The summed E-state index contributed by atoms with van der Waals surface area (Å²) in [6.07, 6.45) is 0.207. The molecule has 0 aromatic carbocycles. The Balaban J connectivity index is 0. The van der Waals surface area contributed by atoms with Crippen LogP contribution in [0.5, 0.6) is 0 Å². The molecule has 1 unspecified atom stereocenters. The predicted octanol–water partition coefficient (Wildman–Crippen LogP) is 1.88. The third-order valence-corrected chi connectivity index (χ3v) is 1.47. The van der Waals surface area contributed by atoms with E-state index in [9.17, 15) is 9.90 Å². The van der Waals surface area contributed by atoms with Crippen molar-refractivity contribution in [3.05, 3.63) is 0 Å². The Morgan fingerprint density at radius 2 is 1.50 bits per heavy atom. The maximum absolute atomic E-state index is 11.0. The molecule has 98 valence electrons. The van der Waals surface area contributed by atoms with E-state index in [0.29, 0.717) is 6.42 Å². The van der Waals surface area contributed by atoms with Gasteiger partial charge in [0.25, 0.3) is 0 Å². The fourth-order valence-electron chi connectivity index (χ4n) is 0.485. The molecule has 4 heteroatoms. The second kappa shape index (κ2) is 6.86. The Morgan fingerprint density at radius 3 is 1.69 bits per heavy atom. The maximum Gasteiger partial charge on any atom is 0.338 e. The molecule has 0 aliphatic carbocycles. The summed E-state index contributed by atoms with van der Waals surface area (Å²) >= 11 is 0. The third-order valence-electron chi connectivity index (χ3n) is 1.47. The van der Waals surface area contributed by atoms with Crippen molar-refractivity contribution in [3.63, 3.8) is 0 Å². The van der Waals surface area contributed by atoms with Gasteiger partial charge in [0, 0.05) is 0 Å². The van der Waals surface area contributed by atoms with Gasteiger partial charge in [-0.3, -0.25) is 0 Å². The van der Waals surface area contributed by atoms with Gasteiger partial charge in [-0.2, -0.15) is 0 Å². The van der Waals surface area contributed by atoms with E-state index in [1.54, 1.807) is 41.5 Å². The summed E-state index contributed by atoms with van der Waals surface area (Å²) in [7, 11) is 0. The van der Waals surface area contributed by atoms with Crippen LogP contribution in [-0.4, -0.2) is 33.5 Å². The first-order valence-corrected chi connectivity index (χ1v) is 5.56. The van der Waals surface area contributed by atoms with E-state index >= 15 is 0 Å². The van der Waals surface area contributed by atoms with Gasteiger partial charge in [-0.15, -0.1) is 0 Å². The van der Waals surface area contributed by atoms with Crippen LogP contribution in [-0.2, 0) is 9.53 Å². The number of aliphatic hydroxyl groups is 2. The molecule has 0 saturated carbocycles. The van der Waals surface area contributed by atoms with E-state index < -0.39 is 17.2 Å². The van der Waals surface area contributed by atoms with E-state index in [2.05, 4.69) is 0 Å². The molecule has 0 aliphatic rings. The summed E-state index contributed by atoms with van der Waals surface area (Å²) in [4.78, 5) is 11.0. The van der Waals surface area contributed by atoms with Crippen molar-refractivity contribution in [3.8, 4) is 0 Å². The Kier molecular flexibility index (Phi) is 7.62. The molecule has 0 aromatic heterocycles. The van der Waals surface area contributed by atoms with Gasteiger partial charge in [-0.05, 0) is 48.0 Å². The lowest BCUT2D eigenvalue weighted by Gasteiger charge is -2.20. The van der Waals surface area contributed by atoms with Crippen molar-refractivity contribution in [1.29, 1.82) is 0 Å². The molecular weight excluding hydrogens is 208 g/mol. The zero-order chi connectivity index (χ0) is 13.6. The first kappa shape index (κ1) is 17.8. The molecule has 1 atom stereocenters. The fraction of sp³-hybridized carbons (Fsp3) is 0.917. The highest BCUT2D eigenvalue weighted by Crippen LogP contribution is 2.11. The van der Waals surface area contributed by atoms with Gasteiger partial charge in [0.15, 0.2) is 5.60 Å². The molecule has 0 saturated heterocycles. The van der Waals surface area contributed by atoms with Crippen LogP contribution in [0.25, 0.3) is 0 Å². The van der Waals surface area contributed by atoms with Crippen LogP contribution >= 0.6 is 0 Å². The van der Waals surface area contributed by atoms with Gasteiger partial charge in [0.2, 0.25) is 0 Å². The lowest BCUT2D eigenvalue weighted by atomic mass is 10.0. The van der Waals surface area contributed by atoms with Crippen LogP contribution in [0.2, 0.25) is 0 Å². The second-order valence-corrected chi connectivity index (χ2v) is 5.25. The van der Waals surface area contributed by atoms with E-state index in [4.69, 9.17) is 9.84 Å². The third kappa shape index (κ3) is 13.4. The highest BCUT2D eigenvalue weighted by atomic mass is 16.6. The molecule has 0 fully saturated rings. The highest BCUT2D eigenvalue weighted by Gasteiger charge is 2.30. The van der Waals surface area contributed by atoms with Gasteiger partial charge in [-0.25, -0.2) is 4.79 Å². The minimum absolute atomic E-state index is 0.166. The van der Waals surface area contributed by atoms with Gasteiger partial charge in [-0.1, -0.05) is 6.92 Å². The number of rotatable bonds is 3. The molecule has 0 radical (unpaired) electrons. The van der Waals surface area contributed by atoms with Crippen LogP contribution in [0.4, 0.5) is 0 Å². The summed E-state index contributed by atoms with van der Waals surface area (Å²) in [6.45, 7) is 11.9. The van der Waals surface area contributed by atoms with Crippen molar-refractivity contribution in [2.45, 2.75) is 72.2 Å². The quantitative estimate of drug-likeness (QED) is 0.732. The zero-order valence-corrected chi connectivity index (χ0v) is 11.5. The summed E-state index contributed by atoms with van der Waals surface area (Å²) in [5.74, 6) is -0.546. The average molecular weight is 234 g/mol. The van der Waals surface area contributed by atoms with Gasteiger partial charge in [0.05, 0.1) is 11.7 Å². The van der Waals surface area contributed by atoms with Crippen LogP contribution in [0.15, 0.2) is 0 Å². The molecular formula is C12H26O4. The second-order valence-electron chi connectivity index (χ2n) is 5.25. The Labute approximate surface area is 98.6 Å². The lowest BCUT2D eigenvalue weighted by Crippen LogP contribution is -2.37. The first-order chi connectivity index (χ1) is 6.90. The molecule has 0 aromatic rings. The van der Waals surface area contributed by atoms with E-state index in [-0.39, 0.29) is 6.10 Å². The van der Waals surface area contributed by atoms with E-state index in [1.807, 2.05) is 0 Å². The molecule has 2 N–H and O–H groups in total. The number of ether oxygens (including phenoxy) is 1. The number of carbonyl (C=O) groups is 1. The summed E-state index contributed by atoms with van der Waals surface area (Å²) in [6, 6.07) is 0. The standard InChI is InChI=1S/C8H16O3.C4H10O/c1-5-8(4,10)7(9)11-6(2)3;1-4(2,3)5/h6,10H,5H2,1-4H3;5H,1-3H3. The van der Waals surface area contributed by atoms with Crippen molar-refractivity contribution in [2.24, 2.45) is 0 Å². The molecule has 0 heterocycles. The minimum atomic E-state index is -1.33. The van der Waals surface area contributed by atoms with Crippen molar-refractivity contribution >= 4 is 5.97 Å². The summed E-state index contributed by atoms with van der Waals surface area (Å²) < 4.78 is 4.82. The number of hydrogen-bond donors (Lipinski definition) is 2. The van der Waals surface area contributed by atoms with Crippen LogP contribution in [0.3, 0.4) is 0 Å². The molecule has 0 bridgehead atoms. The monoisotopic (exact) mass is 234 g/mol. The van der Waals surface area contributed by atoms with Crippen molar-refractivity contribution in [1.82, 2.24) is 0 Å². The zero-order valence-electron chi connectivity index (χ0n) is 11.5. The molecule has 16 heavy (non-hydrogen) atoms. The van der Waals surface area contributed by atoms with Crippen molar-refractivity contribution < 1.29 is 19.7 Å². The van der Waals surface area contributed by atoms with Crippen LogP contribution < -0.4 is 0 Å². The summed E-state index contributed by atoms with van der Waals surface area (Å²) in [5.41, 5.74) is -1.83. The Morgan fingerprint density at radius 1 is 1.19 bits per heavy atom. The number of esters is 1. The van der Waals surface area contributed by atoms with Crippen molar-refractivity contribution in [2.75, 3.05) is 0 Å². The SMILES string of the molecule is CC(C)(C)O.CCC(C)(O)C(=O)OC(C)C. The topological polar surface area (TPSA) is 66.8 Å². The number of carbonyl (C=O) groups excluding carboxylic acids is 1. The fourth-order valence-corrected chi connectivity index (χ4v) is 0.485. The largest absolute Gasteiger partial charge is 0.461 e.